The van der Waals surface area contributed by atoms with E-state index in [9.17, 15) is 51.1 Å². The molecule has 3 aromatic rings. The zero-order valence-corrected chi connectivity index (χ0v) is 52.1. The van der Waals surface area contributed by atoms with Crippen LogP contribution in [0.5, 0.6) is 0 Å². The van der Waals surface area contributed by atoms with Gasteiger partial charge in [0.25, 0.3) is 11.8 Å². The molecule has 6 amide bonds. The van der Waals surface area contributed by atoms with Crippen LogP contribution in [0.1, 0.15) is 57.3 Å². The number of imide groups is 1. The van der Waals surface area contributed by atoms with Crippen molar-refractivity contribution in [3.8, 4) is 11.1 Å². The molecule has 2 heterocycles. The predicted octanol–water partition coefficient (Wildman–Crippen LogP) is 3.75. The van der Waals surface area contributed by atoms with E-state index in [1.54, 1.807) is 17.2 Å². The van der Waals surface area contributed by atoms with Crippen molar-refractivity contribution in [2.75, 3.05) is 150 Å². The highest BCUT2D eigenvalue weighted by molar-refractivity contribution is 8.00. The number of rotatable bonds is 46. The standard InChI is InChI=1S/C58H83F2N7O16S.C2HF3O2/c1-58(2,3)56(49-36-44(46-37-45(59)10-11-47(46)60)39-65(49)38-43-8-5-4-6-9-43)66(19-7-16-61)54(72)42-84-41-48(57(75)63-18-23-79-27-31-83-35-33-81-29-25-77-21-15-55(73)74)64-50(68)14-20-76-24-28-80-32-34-82-30-26-78-22-17-62-51(69)40-67-52(70)12-13-53(67)71;3-2(4,5)1(6)7/h4-6,8-13,36-37,39,48,56H,7,14-35,38,40-42,61H2,1-3H3,(H,62,69)(H,63,75)(H,64,68)(H,73,74);(H,6,7)/t48-,56-;/m0./s1. The Bertz CT molecular complexity index is 2720. The third-order valence-electron chi connectivity index (χ3n) is 12.6. The SMILES string of the molecule is CC(C)(C)[C@H](c1cc(-c2cc(F)ccc2F)cn1Cc1ccccc1)N(CCCN)C(=O)CSC[C@H](NC(=O)CCOCCOCCOCCOCCNC(=O)CN1C(=O)C=CC1=O)C(=O)NCCOCCOCCOCCOCCC(=O)O.O=C(O)C(F)(F)F. The first kappa shape index (κ1) is 78.3. The van der Waals surface area contributed by atoms with E-state index in [1.165, 1.54) is 11.8 Å². The van der Waals surface area contributed by atoms with Crippen LogP contribution in [-0.2, 0) is 82.8 Å². The molecule has 0 saturated heterocycles. The lowest BCUT2D eigenvalue weighted by Crippen LogP contribution is -2.49. The van der Waals surface area contributed by atoms with Gasteiger partial charge in [-0.2, -0.15) is 13.2 Å². The van der Waals surface area contributed by atoms with Gasteiger partial charge in [0.05, 0.1) is 124 Å². The maximum Gasteiger partial charge on any atom is 0.490 e. The highest BCUT2D eigenvalue weighted by atomic mass is 32.2. The number of nitrogens with one attached hydrogen (secondary N) is 3. The van der Waals surface area contributed by atoms with E-state index in [0.717, 1.165) is 40.8 Å². The van der Waals surface area contributed by atoms with Gasteiger partial charge in [-0.1, -0.05) is 51.1 Å². The summed E-state index contributed by atoms with van der Waals surface area (Å²) in [4.78, 5) is 98.9. The number of carbonyl (C=O) groups is 8. The van der Waals surface area contributed by atoms with Crippen LogP contribution in [0.25, 0.3) is 11.1 Å². The largest absolute Gasteiger partial charge is 0.490 e. The number of hydrogen-bond donors (Lipinski definition) is 6. The molecule has 1 aromatic heterocycles. The summed E-state index contributed by atoms with van der Waals surface area (Å²) in [5, 5.41) is 24.0. The van der Waals surface area contributed by atoms with Crippen LogP contribution in [0.3, 0.4) is 0 Å². The molecule has 0 spiro atoms. The fraction of sp³-hybridized carbons (Fsp3) is 0.567. The number of ether oxygens (including phenoxy) is 8. The number of amides is 6. The Hall–Kier alpha value is -6.94. The predicted molar refractivity (Wildman–Crippen MR) is 321 cm³/mol. The van der Waals surface area contributed by atoms with E-state index in [4.69, 9.17) is 58.6 Å². The van der Waals surface area contributed by atoms with Crippen LogP contribution in [0.2, 0.25) is 0 Å². The lowest BCUT2D eigenvalue weighted by atomic mass is 9.83. The van der Waals surface area contributed by atoms with Crippen LogP contribution in [0.15, 0.2) is 72.9 Å². The van der Waals surface area contributed by atoms with Gasteiger partial charge in [-0.15, -0.1) is 11.8 Å². The summed E-state index contributed by atoms with van der Waals surface area (Å²) >= 11 is 1.17. The van der Waals surface area contributed by atoms with Crippen molar-refractivity contribution in [2.45, 2.75) is 64.8 Å². The smallest absolute Gasteiger partial charge is 0.481 e. The second-order valence-electron chi connectivity index (χ2n) is 20.9. The third kappa shape index (κ3) is 32.8. The van der Waals surface area contributed by atoms with Gasteiger partial charge in [-0.05, 0) is 48.2 Å². The summed E-state index contributed by atoms with van der Waals surface area (Å²) in [6.45, 7) is 10.6. The Labute approximate surface area is 529 Å². The van der Waals surface area contributed by atoms with Crippen molar-refractivity contribution < 1.29 is 108 Å². The number of carboxylic acid groups (broad SMARTS) is 2. The number of halogens is 5. The summed E-state index contributed by atoms with van der Waals surface area (Å²) in [5.74, 6) is -7.68. The van der Waals surface area contributed by atoms with Gasteiger partial charge in [-0.25, -0.2) is 13.6 Å². The Balaban J connectivity index is 0.00000291. The summed E-state index contributed by atoms with van der Waals surface area (Å²) in [6, 6.07) is 13.1. The normalized spacial score (nSPS) is 13.0. The fourth-order valence-electron chi connectivity index (χ4n) is 8.33. The average Bonchev–Trinajstić information content (AvgIpc) is 1.68. The molecule has 0 saturated carbocycles. The molecule has 0 aliphatic carbocycles. The molecular formula is C60H84F5N7O18S. The zero-order valence-electron chi connectivity index (χ0n) is 51.3. The van der Waals surface area contributed by atoms with E-state index < -0.39 is 76.8 Å². The summed E-state index contributed by atoms with van der Waals surface area (Å²) in [5.41, 5.74) is 7.64. The van der Waals surface area contributed by atoms with Gasteiger partial charge in [0.1, 0.15) is 24.2 Å². The number of carboxylic acids is 2. The van der Waals surface area contributed by atoms with Crippen LogP contribution in [0.4, 0.5) is 22.0 Å². The quantitative estimate of drug-likeness (QED) is 0.0266. The lowest BCUT2D eigenvalue weighted by molar-refractivity contribution is -0.192. The van der Waals surface area contributed by atoms with Gasteiger partial charge in [0, 0.05) is 73.5 Å². The van der Waals surface area contributed by atoms with E-state index in [1.807, 2.05) is 55.7 Å². The van der Waals surface area contributed by atoms with Crippen molar-refractivity contribution >= 4 is 59.1 Å². The molecule has 0 bridgehead atoms. The number of nitrogens with zero attached hydrogens (tertiary/aromatic N) is 3. The summed E-state index contributed by atoms with van der Waals surface area (Å²) in [7, 11) is 0. The molecular weight excluding hydrogens is 1230 g/mol. The topological polar surface area (TPSA) is 324 Å². The highest BCUT2D eigenvalue weighted by Gasteiger charge is 2.39. The van der Waals surface area contributed by atoms with E-state index in [0.29, 0.717) is 50.6 Å². The molecule has 25 nitrogen and oxygen atoms in total. The first-order valence-corrected chi connectivity index (χ1v) is 30.4. The van der Waals surface area contributed by atoms with Crippen molar-refractivity contribution in [3.63, 3.8) is 0 Å². The molecule has 91 heavy (non-hydrogen) atoms. The Kier molecular flexibility index (Phi) is 37.7. The van der Waals surface area contributed by atoms with Crippen LogP contribution in [0, 0.1) is 17.0 Å². The minimum Gasteiger partial charge on any atom is -0.481 e. The molecule has 508 valence electrons. The summed E-state index contributed by atoms with van der Waals surface area (Å²) < 4.78 is 107. The molecule has 1 aliphatic rings. The Morgan fingerprint density at radius 2 is 1.18 bits per heavy atom. The van der Waals surface area contributed by atoms with Crippen molar-refractivity contribution in [2.24, 2.45) is 11.1 Å². The lowest BCUT2D eigenvalue weighted by Gasteiger charge is -2.41. The number of alkyl halides is 3. The maximum absolute atomic E-state index is 15.3. The minimum absolute atomic E-state index is 0.0271. The molecule has 0 unspecified atom stereocenters. The molecule has 2 aromatic carbocycles. The summed E-state index contributed by atoms with van der Waals surface area (Å²) in [6.07, 6.45) is -0.774. The monoisotopic (exact) mass is 1320 g/mol. The second-order valence-corrected chi connectivity index (χ2v) is 21.9. The molecule has 0 fully saturated rings. The third-order valence-corrected chi connectivity index (χ3v) is 13.6. The van der Waals surface area contributed by atoms with Crippen LogP contribution >= 0.6 is 11.8 Å². The van der Waals surface area contributed by atoms with Crippen LogP contribution in [-0.4, -0.2) is 234 Å². The van der Waals surface area contributed by atoms with Crippen LogP contribution < -0.4 is 21.7 Å². The number of hydrogen-bond acceptors (Lipinski definition) is 18. The van der Waals surface area contributed by atoms with E-state index >= 15 is 4.39 Å². The van der Waals surface area contributed by atoms with Gasteiger partial charge in [-0.3, -0.25) is 38.5 Å². The molecule has 0 radical (unpaired) electrons. The molecule has 2 atom stereocenters. The molecule has 4 rings (SSSR count). The van der Waals surface area contributed by atoms with E-state index in [2.05, 4.69) is 16.0 Å². The van der Waals surface area contributed by atoms with Gasteiger partial charge in [0.15, 0.2) is 0 Å². The fourth-order valence-corrected chi connectivity index (χ4v) is 9.26. The van der Waals surface area contributed by atoms with Gasteiger partial charge >= 0.3 is 18.1 Å². The molecule has 7 N–H and O–H groups in total. The van der Waals surface area contributed by atoms with Gasteiger partial charge in [0.2, 0.25) is 23.6 Å². The number of aromatic nitrogens is 1. The Morgan fingerprint density at radius 3 is 1.68 bits per heavy atom. The number of nitrogens with two attached hydrogens (primary N) is 1. The minimum atomic E-state index is -5.08. The number of thioether (sulfide) groups is 1. The maximum atomic E-state index is 15.3. The Morgan fingerprint density at radius 1 is 0.670 bits per heavy atom. The van der Waals surface area contributed by atoms with Gasteiger partial charge < -0.3 is 79.3 Å². The molecule has 1 aliphatic heterocycles. The van der Waals surface area contributed by atoms with Crippen molar-refractivity contribution in [1.29, 1.82) is 0 Å². The zero-order chi connectivity index (χ0) is 67.0. The van der Waals surface area contributed by atoms with Crippen molar-refractivity contribution in [3.05, 3.63) is 95.8 Å². The average molecular weight is 1320 g/mol. The van der Waals surface area contributed by atoms with Crippen molar-refractivity contribution in [1.82, 2.24) is 30.3 Å². The highest BCUT2D eigenvalue weighted by Crippen LogP contribution is 2.41. The first-order valence-electron chi connectivity index (χ1n) is 29.2. The second kappa shape index (κ2) is 43.8. The number of benzene rings is 2. The number of carbonyl (C=O) groups excluding carboxylic acids is 6. The first-order chi connectivity index (χ1) is 43.4. The molecule has 31 heteroatoms. The number of aliphatic carboxylic acids is 2. The van der Waals surface area contributed by atoms with E-state index in [-0.39, 0.29) is 148 Å².